The van der Waals surface area contributed by atoms with E-state index in [2.05, 4.69) is 22.6 Å². The maximum Gasteiger partial charge on any atom is 0.309 e. The second kappa shape index (κ2) is 6.34. The van der Waals surface area contributed by atoms with Gasteiger partial charge in [0.25, 0.3) is 5.91 Å². The van der Waals surface area contributed by atoms with Gasteiger partial charge in [-0.1, -0.05) is 19.1 Å². The van der Waals surface area contributed by atoms with Gasteiger partial charge in [-0.3, -0.25) is 9.59 Å². The molecule has 1 heterocycles. The molecule has 0 spiro atoms. The van der Waals surface area contributed by atoms with Crippen molar-refractivity contribution < 1.29 is 14.7 Å². The number of amides is 1. The fourth-order valence-electron chi connectivity index (χ4n) is 2.84. The number of benzene rings is 1. The molecule has 21 heavy (non-hydrogen) atoms. The summed E-state index contributed by atoms with van der Waals surface area (Å²) in [6.07, 6.45) is 1.69. The Morgan fingerprint density at radius 2 is 1.95 bits per heavy atom. The minimum Gasteiger partial charge on any atom is -0.481 e. The summed E-state index contributed by atoms with van der Waals surface area (Å²) in [5.74, 6) is -0.722. The van der Waals surface area contributed by atoms with Crippen molar-refractivity contribution in [3.63, 3.8) is 0 Å². The Bertz CT molecular complexity index is 563. The molecule has 114 valence electrons. The number of piperidine rings is 1. The van der Waals surface area contributed by atoms with Crippen molar-refractivity contribution >= 4 is 34.5 Å². The SMILES string of the molecule is CCC1(C(=O)O)CCN(C(=O)c2cccc(C)c2I)CC1. The number of carboxylic acids is 1. The van der Waals surface area contributed by atoms with Crippen molar-refractivity contribution in [1.82, 2.24) is 4.90 Å². The van der Waals surface area contributed by atoms with E-state index in [0.717, 1.165) is 14.7 Å². The Morgan fingerprint density at radius 3 is 2.48 bits per heavy atom. The lowest BCUT2D eigenvalue weighted by atomic mass is 9.76. The van der Waals surface area contributed by atoms with Gasteiger partial charge in [-0.15, -0.1) is 0 Å². The van der Waals surface area contributed by atoms with E-state index in [-0.39, 0.29) is 5.91 Å². The van der Waals surface area contributed by atoms with Gasteiger partial charge < -0.3 is 10.0 Å². The number of likely N-dealkylation sites (tertiary alicyclic amines) is 1. The molecule has 0 bridgehead atoms. The molecule has 1 aliphatic rings. The van der Waals surface area contributed by atoms with Crippen LogP contribution < -0.4 is 0 Å². The lowest BCUT2D eigenvalue weighted by Gasteiger charge is -2.38. The number of hydrogen-bond donors (Lipinski definition) is 1. The third-order valence-corrected chi connectivity index (χ3v) is 5.99. The molecular weight excluding hydrogens is 381 g/mol. The fraction of sp³-hybridized carbons (Fsp3) is 0.500. The van der Waals surface area contributed by atoms with Gasteiger partial charge in [0.2, 0.25) is 0 Å². The van der Waals surface area contributed by atoms with Crippen LogP contribution in [0.3, 0.4) is 0 Å². The Hall–Kier alpha value is -1.11. The van der Waals surface area contributed by atoms with Crippen LogP contribution in [-0.2, 0) is 4.79 Å². The van der Waals surface area contributed by atoms with E-state index >= 15 is 0 Å². The molecule has 1 fully saturated rings. The minimum absolute atomic E-state index is 0.0122. The molecule has 0 aromatic heterocycles. The van der Waals surface area contributed by atoms with E-state index in [9.17, 15) is 14.7 Å². The Morgan fingerprint density at radius 1 is 1.33 bits per heavy atom. The Kier molecular flexibility index (Phi) is 4.91. The average molecular weight is 401 g/mol. The number of rotatable bonds is 3. The quantitative estimate of drug-likeness (QED) is 0.791. The van der Waals surface area contributed by atoms with Crippen LogP contribution in [0, 0.1) is 15.9 Å². The van der Waals surface area contributed by atoms with Crippen LogP contribution >= 0.6 is 22.6 Å². The highest BCUT2D eigenvalue weighted by Crippen LogP contribution is 2.35. The highest BCUT2D eigenvalue weighted by Gasteiger charge is 2.41. The predicted octanol–water partition coefficient (Wildman–Crippen LogP) is 3.32. The molecule has 1 aromatic rings. The Labute approximate surface area is 138 Å². The molecule has 1 amide bonds. The van der Waals surface area contributed by atoms with Crippen molar-refractivity contribution in [2.75, 3.05) is 13.1 Å². The first-order valence-corrected chi connectivity index (χ1v) is 8.27. The van der Waals surface area contributed by atoms with E-state index in [0.29, 0.717) is 32.4 Å². The number of hydrogen-bond acceptors (Lipinski definition) is 2. The lowest BCUT2D eigenvalue weighted by Crippen LogP contribution is -2.46. The van der Waals surface area contributed by atoms with Crippen LogP contribution in [0.2, 0.25) is 0 Å². The molecule has 0 atom stereocenters. The number of aliphatic carboxylic acids is 1. The first-order valence-electron chi connectivity index (χ1n) is 7.19. The Balaban J connectivity index is 2.14. The molecule has 0 unspecified atom stereocenters. The fourth-order valence-corrected chi connectivity index (χ4v) is 3.43. The van der Waals surface area contributed by atoms with E-state index in [1.165, 1.54) is 0 Å². The molecule has 0 radical (unpaired) electrons. The van der Waals surface area contributed by atoms with Crippen LogP contribution in [-0.4, -0.2) is 35.0 Å². The van der Waals surface area contributed by atoms with E-state index < -0.39 is 11.4 Å². The van der Waals surface area contributed by atoms with E-state index in [4.69, 9.17) is 0 Å². The third-order valence-electron chi connectivity index (χ3n) is 4.56. The zero-order chi connectivity index (χ0) is 15.6. The summed E-state index contributed by atoms with van der Waals surface area (Å²) in [4.78, 5) is 25.8. The standard InChI is InChI=1S/C16H20INO3/c1-3-16(15(20)21)7-9-18(10-8-16)14(19)12-6-4-5-11(2)13(12)17/h4-6H,3,7-10H2,1-2H3,(H,20,21). The minimum atomic E-state index is -0.734. The van der Waals surface area contributed by atoms with Gasteiger partial charge in [0.1, 0.15) is 0 Å². The van der Waals surface area contributed by atoms with Crippen molar-refractivity contribution in [3.8, 4) is 0 Å². The van der Waals surface area contributed by atoms with Crippen LogP contribution in [0.25, 0.3) is 0 Å². The van der Waals surface area contributed by atoms with Gasteiger partial charge >= 0.3 is 5.97 Å². The lowest BCUT2D eigenvalue weighted by molar-refractivity contribution is -0.152. The monoisotopic (exact) mass is 401 g/mol. The molecule has 1 N–H and O–H groups in total. The summed E-state index contributed by atoms with van der Waals surface area (Å²) in [6, 6.07) is 5.72. The van der Waals surface area contributed by atoms with Crippen LogP contribution in [0.15, 0.2) is 18.2 Å². The van der Waals surface area contributed by atoms with Crippen LogP contribution in [0.1, 0.15) is 42.1 Å². The second-order valence-corrected chi connectivity index (χ2v) is 6.75. The average Bonchev–Trinajstić information content (AvgIpc) is 2.49. The molecule has 5 heteroatoms. The van der Waals surface area contributed by atoms with Crippen molar-refractivity contribution in [3.05, 3.63) is 32.9 Å². The number of carbonyl (C=O) groups excluding carboxylic acids is 1. The molecule has 0 aliphatic carbocycles. The molecular formula is C16H20INO3. The number of carboxylic acid groups (broad SMARTS) is 1. The summed E-state index contributed by atoms with van der Waals surface area (Å²) >= 11 is 2.20. The molecule has 1 saturated heterocycles. The van der Waals surface area contributed by atoms with Crippen molar-refractivity contribution in [2.45, 2.75) is 33.1 Å². The molecule has 1 aromatic carbocycles. The summed E-state index contributed by atoms with van der Waals surface area (Å²) in [7, 11) is 0. The smallest absolute Gasteiger partial charge is 0.309 e. The molecule has 2 rings (SSSR count). The van der Waals surface area contributed by atoms with E-state index in [1.54, 1.807) is 4.90 Å². The van der Waals surface area contributed by atoms with Gasteiger partial charge in [-0.25, -0.2) is 0 Å². The summed E-state index contributed by atoms with van der Waals surface area (Å²) in [5, 5.41) is 9.41. The molecule has 4 nitrogen and oxygen atoms in total. The summed E-state index contributed by atoms with van der Waals surface area (Å²) < 4.78 is 0.977. The number of nitrogens with zero attached hydrogens (tertiary/aromatic N) is 1. The third kappa shape index (κ3) is 3.07. The predicted molar refractivity (Wildman–Crippen MR) is 89.4 cm³/mol. The first-order chi connectivity index (χ1) is 9.91. The van der Waals surface area contributed by atoms with Crippen LogP contribution in [0.5, 0.6) is 0 Å². The maximum absolute atomic E-state index is 12.6. The number of aryl methyl sites for hydroxylation is 1. The van der Waals surface area contributed by atoms with Gasteiger partial charge in [0.15, 0.2) is 0 Å². The van der Waals surface area contributed by atoms with Crippen molar-refractivity contribution in [1.29, 1.82) is 0 Å². The second-order valence-electron chi connectivity index (χ2n) is 5.67. The highest BCUT2D eigenvalue weighted by atomic mass is 127. The zero-order valence-corrected chi connectivity index (χ0v) is 14.5. The number of halogens is 1. The van der Waals surface area contributed by atoms with Gasteiger partial charge in [-0.05, 0) is 60.4 Å². The normalized spacial score (nSPS) is 17.6. The summed E-state index contributed by atoms with van der Waals surface area (Å²) in [6.45, 7) is 4.93. The van der Waals surface area contributed by atoms with Gasteiger partial charge in [-0.2, -0.15) is 0 Å². The topological polar surface area (TPSA) is 57.6 Å². The van der Waals surface area contributed by atoms with Gasteiger partial charge in [0.05, 0.1) is 11.0 Å². The zero-order valence-electron chi connectivity index (χ0n) is 12.4. The highest BCUT2D eigenvalue weighted by molar-refractivity contribution is 14.1. The van der Waals surface area contributed by atoms with E-state index in [1.807, 2.05) is 32.0 Å². The van der Waals surface area contributed by atoms with Gasteiger partial charge in [0, 0.05) is 16.7 Å². The van der Waals surface area contributed by atoms with Crippen molar-refractivity contribution in [2.24, 2.45) is 5.41 Å². The first kappa shape index (κ1) is 16.3. The molecule has 1 aliphatic heterocycles. The molecule has 0 saturated carbocycles. The van der Waals surface area contributed by atoms with Crippen LogP contribution in [0.4, 0.5) is 0 Å². The largest absolute Gasteiger partial charge is 0.481 e. The summed E-state index contributed by atoms with van der Waals surface area (Å²) in [5.41, 5.74) is 1.15. The number of carbonyl (C=O) groups is 2. The maximum atomic E-state index is 12.6.